The van der Waals surface area contributed by atoms with Gasteiger partial charge in [0, 0.05) is 6.42 Å². The molecule has 0 aromatic heterocycles. The Morgan fingerprint density at radius 2 is 1.31 bits per heavy atom. The van der Waals surface area contributed by atoms with E-state index in [1.807, 2.05) is 0 Å². The Bertz CT molecular complexity index is 515. The number of hydrogen-bond acceptors (Lipinski definition) is 2. The number of carbonyl (C=O) groups excluding carboxylic acids is 1. The van der Waals surface area contributed by atoms with Crippen molar-refractivity contribution in [2.75, 3.05) is 27.7 Å². The highest BCUT2D eigenvalue weighted by Gasteiger charge is 2.21. The van der Waals surface area contributed by atoms with Gasteiger partial charge in [-0.25, -0.2) is 0 Å². The third-order valence-electron chi connectivity index (χ3n) is 4.47. The van der Waals surface area contributed by atoms with Gasteiger partial charge in [-0.2, -0.15) is 0 Å². The van der Waals surface area contributed by atoms with Crippen molar-refractivity contribution in [3.05, 3.63) is 48.6 Å². The molecule has 1 atom stereocenters. The van der Waals surface area contributed by atoms with Gasteiger partial charge in [0.25, 0.3) is 0 Å². The van der Waals surface area contributed by atoms with Crippen LogP contribution >= 0.6 is 9.47 Å². The molecule has 166 valence electrons. The van der Waals surface area contributed by atoms with Gasteiger partial charge in [-0.1, -0.05) is 68.4 Å². The van der Waals surface area contributed by atoms with Crippen LogP contribution in [0.4, 0.5) is 0 Å². The Morgan fingerprint density at radius 1 is 0.828 bits per heavy atom. The van der Waals surface area contributed by atoms with Crippen molar-refractivity contribution < 1.29 is 13.8 Å². The molecule has 1 unspecified atom stereocenters. The predicted octanol–water partition coefficient (Wildman–Crippen LogP) is 6.85. The predicted molar refractivity (Wildman–Crippen MR) is 129 cm³/mol. The second-order valence-electron chi connectivity index (χ2n) is 8.53. The van der Waals surface area contributed by atoms with Gasteiger partial charge >= 0.3 is 0 Å². The summed E-state index contributed by atoms with van der Waals surface area (Å²) >= 11 is 0. The molecule has 0 saturated carbocycles. The van der Waals surface area contributed by atoms with Crippen LogP contribution in [0.5, 0.6) is 0 Å². The first-order valence-electron chi connectivity index (χ1n) is 11.2. The van der Waals surface area contributed by atoms with Crippen molar-refractivity contribution >= 4 is 15.2 Å². The van der Waals surface area contributed by atoms with Crippen LogP contribution in [0.2, 0.25) is 0 Å². The molecule has 0 aliphatic rings. The maximum Gasteiger partial charge on any atom is 0.164 e. The second-order valence-corrected chi connectivity index (χ2v) is 8.76. The van der Waals surface area contributed by atoms with Crippen LogP contribution < -0.4 is 0 Å². The van der Waals surface area contributed by atoms with Crippen molar-refractivity contribution in [2.24, 2.45) is 0 Å². The Labute approximate surface area is 182 Å². The number of quaternary nitrogens is 1. The van der Waals surface area contributed by atoms with Crippen LogP contribution in [0, 0.1) is 0 Å². The van der Waals surface area contributed by atoms with Gasteiger partial charge < -0.3 is 18.5 Å². The number of likely N-dealkylation sites (N-methyl/N-ethyl adjacent to an activating group) is 1. The number of carbonyl (C=O) groups is 1. The minimum atomic E-state index is -0.372. The Morgan fingerprint density at radius 3 is 1.76 bits per heavy atom. The SMILES string of the molecule is CCCCCC=CCC=CCC=CCC=CCCCC(=O)C(C[N+](C)(C)C)O[PH-]. The third-order valence-corrected chi connectivity index (χ3v) is 4.75. The van der Waals surface area contributed by atoms with E-state index in [0.717, 1.165) is 32.1 Å². The minimum Gasteiger partial charge on any atom is -0.549 e. The van der Waals surface area contributed by atoms with Gasteiger partial charge in [-0.3, -0.25) is 4.79 Å². The molecule has 0 N–H and O–H groups in total. The molecule has 0 aliphatic carbocycles. The number of Topliss-reactive ketones (excluding diaryl/α,β-unsaturated/α-hetero) is 1. The van der Waals surface area contributed by atoms with Crippen LogP contribution in [0.25, 0.3) is 0 Å². The van der Waals surface area contributed by atoms with E-state index < -0.39 is 0 Å². The number of allylic oxidation sites excluding steroid dienone is 8. The number of nitrogens with zero attached hydrogens (tertiary/aromatic N) is 1. The first kappa shape index (κ1) is 28.0. The van der Waals surface area contributed by atoms with E-state index in [1.54, 1.807) is 0 Å². The molecule has 4 heteroatoms. The quantitative estimate of drug-likeness (QED) is 0.105. The molecule has 0 spiro atoms. The van der Waals surface area contributed by atoms with Crippen LogP contribution in [-0.4, -0.2) is 44.1 Å². The number of unbranched alkanes of at least 4 members (excludes halogenated alkanes) is 4. The van der Waals surface area contributed by atoms with Crippen molar-refractivity contribution in [3.63, 3.8) is 0 Å². The molecule has 0 fully saturated rings. The summed E-state index contributed by atoms with van der Waals surface area (Å²) in [5.41, 5.74) is 0. The van der Waals surface area contributed by atoms with Crippen molar-refractivity contribution in [3.8, 4) is 0 Å². The van der Waals surface area contributed by atoms with Gasteiger partial charge in [0.05, 0.1) is 21.1 Å². The lowest BCUT2D eigenvalue weighted by Gasteiger charge is -2.30. The zero-order chi connectivity index (χ0) is 21.8. The second kappa shape index (κ2) is 19.0. The molecule has 0 amide bonds. The fourth-order valence-corrected chi connectivity index (χ4v) is 3.02. The lowest BCUT2D eigenvalue weighted by Crippen LogP contribution is -2.44. The molecule has 29 heavy (non-hydrogen) atoms. The molecule has 0 rings (SSSR count). The average molecular weight is 422 g/mol. The number of hydrogen-bond donors (Lipinski definition) is 0. The summed E-state index contributed by atoms with van der Waals surface area (Å²) in [5.74, 6) is 0.170. The van der Waals surface area contributed by atoms with E-state index in [2.05, 4.69) is 86.1 Å². The third kappa shape index (κ3) is 20.0. The largest absolute Gasteiger partial charge is 0.549 e. The smallest absolute Gasteiger partial charge is 0.164 e. The monoisotopic (exact) mass is 421 g/mol. The maximum absolute atomic E-state index is 12.2. The fraction of sp³-hybridized carbons (Fsp3) is 0.640. The fourth-order valence-electron chi connectivity index (χ4n) is 2.82. The Kier molecular flexibility index (Phi) is 18.3. The molecule has 0 aliphatic heterocycles. The summed E-state index contributed by atoms with van der Waals surface area (Å²) in [5, 5.41) is 0. The highest BCUT2D eigenvalue weighted by molar-refractivity contribution is 7.09. The summed E-state index contributed by atoms with van der Waals surface area (Å²) in [7, 11) is 9.23. The van der Waals surface area contributed by atoms with Crippen molar-refractivity contribution in [1.29, 1.82) is 0 Å². The lowest BCUT2D eigenvalue weighted by atomic mass is 10.1. The molecule has 3 nitrogen and oxygen atoms in total. The van der Waals surface area contributed by atoms with Gasteiger partial charge in [0.1, 0.15) is 12.6 Å². The summed E-state index contributed by atoms with van der Waals surface area (Å²) in [6.07, 6.45) is 27.9. The summed E-state index contributed by atoms with van der Waals surface area (Å²) in [4.78, 5) is 12.2. The molecular weight excluding hydrogens is 377 g/mol. The first-order chi connectivity index (χ1) is 13.9. The Balaban J connectivity index is 3.73. The van der Waals surface area contributed by atoms with Crippen LogP contribution in [-0.2, 0) is 9.32 Å². The first-order valence-corrected chi connectivity index (χ1v) is 11.6. The zero-order valence-electron chi connectivity index (χ0n) is 19.2. The molecular formula is C25H44NO2P. The molecule has 0 bridgehead atoms. The molecule has 0 radical (unpaired) electrons. The summed E-state index contributed by atoms with van der Waals surface area (Å²) in [6.45, 7) is 2.91. The van der Waals surface area contributed by atoms with Crippen LogP contribution in [0.15, 0.2) is 48.6 Å². The van der Waals surface area contributed by atoms with Gasteiger partial charge in [0.15, 0.2) is 5.78 Å². The topological polar surface area (TPSA) is 26.3 Å². The lowest BCUT2D eigenvalue weighted by molar-refractivity contribution is -0.872. The van der Waals surface area contributed by atoms with E-state index in [1.165, 1.54) is 25.7 Å². The van der Waals surface area contributed by atoms with E-state index in [0.29, 0.717) is 17.4 Å². The van der Waals surface area contributed by atoms with E-state index in [-0.39, 0.29) is 11.9 Å². The number of ketones is 1. The van der Waals surface area contributed by atoms with Crippen molar-refractivity contribution in [1.82, 2.24) is 0 Å². The van der Waals surface area contributed by atoms with Crippen LogP contribution in [0.1, 0.15) is 71.1 Å². The molecule has 0 aromatic carbocycles. The standard InChI is InChI=1S/C25H44NO2P/c1-5-6-7-8-9-10-11-12-13-14-15-16-17-18-19-20-21-22-24(27)25(28-29)23-26(2,3)4/h9-10,12-13,15-16,18-19,25,29H,5-8,11,14,17,20-23H2,1-4H3. The molecule has 0 saturated heterocycles. The summed E-state index contributed by atoms with van der Waals surface area (Å²) < 4.78 is 5.88. The van der Waals surface area contributed by atoms with Crippen molar-refractivity contribution in [2.45, 2.75) is 77.2 Å². The normalized spacial score (nSPS) is 14.1. The van der Waals surface area contributed by atoms with E-state index >= 15 is 0 Å². The highest BCUT2D eigenvalue weighted by Crippen LogP contribution is 2.10. The average Bonchev–Trinajstić information content (AvgIpc) is 2.67. The van der Waals surface area contributed by atoms with E-state index in [4.69, 9.17) is 4.52 Å². The van der Waals surface area contributed by atoms with Crippen LogP contribution in [0.3, 0.4) is 0 Å². The zero-order valence-corrected chi connectivity index (χ0v) is 20.2. The number of rotatable bonds is 18. The van der Waals surface area contributed by atoms with Gasteiger partial charge in [-0.05, 0) is 44.9 Å². The minimum absolute atomic E-state index is 0.170. The summed E-state index contributed by atoms with van der Waals surface area (Å²) in [6, 6.07) is 0. The maximum atomic E-state index is 12.2. The highest BCUT2D eigenvalue weighted by atomic mass is 31.0. The van der Waals surface area contributed by atoms with Gasteiger partial charge in [-0.15, -0.1) is 0 Å². The van der Waals surface area contributed by atoms with Gasteiger partial charge in [0.2, 0.25) is 0 Å². The Hall–Kier alpha value is -1.02. The van der Waals surface area contributed by atoms with E-state index in [9.17, 15) is 4.79 Å². The molecule has 0 heterocycles. The molecule has 0 aromatic rings.